The van der Waals surface area contributed by atoms with Crippen molar-refractivity contribution in [3.63, 3.8) is 0 Å². The van der Waals surface area contributed by atoms with E-state index in [4.69, 9.17) is 14.5 Å². The van der Waals surface area contributed by atoms with E-state index in [-0.39, 0.29) is 18.5 Å². The summed E-state index contributed by atoms with van der Waals surface area (Å²) in [5.74, 6) is 0.556. The second kappa shape index (κ2) is 7.65. The molecule has 0 saturated carbocycles. The number of benzene rings is 1. The Labute approximate surface area is 180 Å². The Hall–Kier alpha value is -3.48. The van der Waals surface area contributed by atoms with Crippen LogP contribution in [0.15, 0.2) is 52.8 Å². The quantitative estimate of drug-likeness (QED) is 0.817. The van der Waals surface area contributed by atoms with Crippen molar-refractivity contribution in [3.05, 3.63) is 58.9 Å². The second-order valence-corrected chi connectivity index (χ2v) is 8.17. The number of ketones is 1. The Morgan fingerprint density at radius 2 is 1.94 bits per heavy atom. The largest absolute Gasteiger partial charge is 0.454 e. The van der Waals surface area contributed by atoms with Gasteiger partial charge in [0, 0.05) is 35.5 Å². The molecule has 0 saturated heterocycles. The van der Waals surface area contributed by atoms with Crippen LogP contribution < -0.4 is 14.8 Å². The van der Waals surface area contributed by atoms with Gasteiger partial charge in [-0.15, -0.1) is 0 Å². The molecule has 1 N–H and O–H groups in total. The standard InChI is InChI=1S/C24H23N3O4/c1-13-8-9-25-20(10-13)27-24(29)21-14(2)26-16-4-3-5-17(28)23(16)22(21)15-6-7-18-19(11-15)31-12-30-18/h6-11,21-22H,3-5,12H2,1-2H3,(H,25,27,29)/t21?,22-/m1/s1. The summed E-state index contributed by atoms with van der Waals surface area (Å²) >= 11 is 0. The number of pyridine rings is 1. The third-order valence-electron chi connectivity index (χ3n) is 6.04. The number of allylic oxidation sites excluding steroid dienone is 2. The Bertz CT molecular complexity index is 1150. The van der Waals surface area contributed by atoms with E-state index in [0.717, 1.165) is 29.7 Å². The van der Waals surface area contributed by atoms with Gasteiger partial charge in [0.15, 0.2) is 17.3 Å². The lowest BCUT2D eigenvalue weighted by Gasteiger charge is -2.35. The summed E-state index contributed by atoms with van der Waals surface area (Å²) in [6.07, 6.45) is 3.66. The second-order valence-electron chi connectivity index (χ2n) is 8.17. The van der Waals surface area contributed by atoms with Crippen molar-refractivity contribution in [1.29, 1.82) is 0 Å². The van der Waals surface area contributed by atoms with Crippen molar-refractivity contribution in [3.8, 4) is 11.5 Å². The highest BCUT2D eigenvalue weighted by Crippen LogP contribution is 2.45. The van der Waals surface area contributed by atoms with Crippen molar-refractivity contribution in [2.75, 3.05) is 12.1 Å². The molecular formula is C24H23N3O4. The third kappa shape index (κ3) is 3.50. The minimum atomic E-state index is -0.622. The minimum Gasteiger partial charge on any atom is -0.454 e. The molecular weight excluding hydrogens is 394 g/mol. The molecule has 2 aliphatic heterocycles. The third-order valence-corrected chi connectivity index (χ3v) is 6.04. The fourth-order valence-corrected chi connectivity index (χ4v) is 4.62. The van der Waals surface area contributed by atoms with Crippen molar-refractivity contribution in [2.24, 2.45) is 10.9 Å². The number of carbonyl (C=O) groups excluding carboxylic acids is 2. The molecule has 1 aliphatic carbocycles. The first-order valence-electron chi connectivity index (χ1n) is 10.5. The highest BCUT2D eigenvalue weighted by atomic mass is 16.7. The molecule has 5 rings (SSSR count). The first kappa shape index (κ1) is 19.5. The van der Waals surface area contributed by atoms with Crippen LogP contribution in [-0.4, -0.2) is 29.2 Å². The van der Waals surface area contributed by atoms with Crippen LogP contribution in [0.1, 0.15) is 43.2 Å². The Balaban J connectivity index is 1.58. The number of Topliss-reactive ketones (excluding diaryl/α,β-unsaturated/α-hetero) is 1. The van der Waals surface area contributed by atoms with Crippen LogP contribution in [0.5, 0.6) is 11.5 Å². The zero-order valence-electron chi connectivity index (χ0n) is 17.5. The topological polar surface area (TPSA) is 89.9 Å². The maximum absolute atomic E-state index is 13.5. The number of nitrogens with zero attached hydrogens (tertiary/aromatic N) is 2. The van der Waals surface area contributed by atoms with E-state index in [1.807, 2.05) is 44.2 Å². The molecule has 1 unspecified atom stereocenters. The molecule has 0 bridgehead atoms. The van der Waals surface area contributed by atoms with Crippen LogP contribution in [-0.2, 0) is 9.59 Å². The fraction of sp³-hybridized carbons (Fsp3) is 0.333. The van der Waals surface area contributed by atoms with Crippen molar-refractivity contribution < 1.29 is 19.1 Å². The number of rotatable bonds is 3. The number of amides is 1. The van der Waals surface area contributed by atoms with Crippen LogP contribution in [0.25, 0.3) is 0 Å². The summed E-state index contributed by atoms with van der Waals surface area (Å²) in [6, 6.07) is 9.32. The summed E-state index contributed by atoms with van der Waals surface area (Å²) in [4.78, 5) is 35.4. The van der Waals surface area contributed by atoms with Gasteiger partial charge in [0.2, 0.25) is 12.7 Å². The summed E-state index contributed by atoms with van der Waals surface area (Å²) in [5, 5.41) is 2.92. The van der Waals surface area contributed by atoms with E-state index in [2.05, 4.69) is 10.3 Å². The predicted molar refractivity (Wildman–Crippen MR) is 115 cm³/mol. The average molecular weight is 417 g/mol. The molecule has 7 heteroatoms. The van der Waals surface area contributed by atoms with Crippen LogP contribution >= 0.6 is 0 Å². The molecule has 3 heterocycles. The van der Waals surface area contributed by atoms with E-state index in [0.29, 0.717) is 35.0 Å². The van der Waals surface area contributed by atoms with Gasteiger partial charge in [0.1, 0.15) is 5.82 Å². The highest BCUT2D eigenvalue weighted by Gasteiger charge is 2.42. The van der Waals surface area contributed by atoms with Crippen LogP contribution in [0.2, 0.25) is 0 Å². The minimum absolute atomic E-state index is 0.0617. The van der Waals surface area contributed by atoms with Gasteiger partial charge in [-0.25, -0.2) is 4.98 Å². The molecule has 3 aliphatic rings. The number of nitrogens with one attached hydrogen (secondary N) is 1. The lowest BCUT2D eigenvalue weighted by Crippen LogP contribution is -2.39. The molecule has 0 radical (unpaired) electrons. The number of hydrogen-bond donors (Lipinski definition) is 1. The SMILES string of the molecule is CC1=NC2=C(C(=O)CCC2)[C@H](c2ccc3c(c2)OCO3)C1C(=O)Nc1cc(C)ccn1. The Morgan fingerprint density at radius 1 is 1.10 bits per heavy atom. The van der Waals surface area contributed by atoms with E-state index >= 15 is 0 Å². The molecule has 31 heavy (non-hydrogen) atoms. The maximum atomic E-state index is 13.5. The van der Waals surface area contributed by atoms with Gasteiger partial charge in [-0.1, -0.05) is 6.07 Å². The number of hydrogen-bond acceptors (Lipinski definition) is 6. The Kier molecular flexibility index (Phi) is 4.81. The number of fused-ring (bicyclic) bond motifs is 1. The molecule has 0 spiro atoms. The smallest absolute Gasteiger partial charge is 0.235 e. The normalized spacial score (nSPS) is 22.1. The number of aromatic nitrogens is 1. The van der Waals surface area contributed by atoms with Gasteiger partial charge in [-0.3, -0.25) is 14.6 Å². The lowest BCUT2D eigenvalue weighted by molar-refractivity contribution is -0.119. The van der Waals surface area contributed by atoms with E-state index in [9.17, 15) is 9.59 Å². The summed E-state index contributed by atoms with van der Waals surface area (Å²) < 4.78 is 11.0. The number of aryl methyl sites for hydroxylation is 1. The zero-order valence-corrected chi connectivity index (χ0v) is 17.5. The molecule has 158 valence electrons. The maximum Gasteiger partial charge on any atom is 0.235 e. The van der Waals surface area contributed by atoms with Crippen molar-refractivity contribution in [1.82, 2.24) is 4.98 Å². The molecule has 1 amide bonds. The van der Waals surface area contributed by atoms with E-state index < -0.39 is 11.8 Å². The molecule has 1 aromatic heterocycles. The van der Waals surface area contributed by atoms with Gasteiger partial charge in [0.05, 0.1) is 5.92 Å². The summed E-state index contributed by atoms with van der Waals surface area (Å²) in [5.41, 5.74) is 3.99. The lowest BCUT2D eigenvalue weighted by atomic mass is 9.71. The van der Waals surface area contributed by atoms with Crippen LogP contribution in [0.3, 0.4) is 0 Å². The number of carbonyl (C=O) groups is 2. The van der Waals surface area contributed by atoms with E-state index in [1.165, 1.54) is 0 Å². The zero-order chi connectivity index (χ0) is 21.5. The van der Waals surface area contributed by atoms with Gasteiger partial charge in [-0.2, -0.15) is 0 Å². The molecule has 1 aromatic carbocycles. The van der Waals surface area contributed by atoms with Crippen molar-refractivity contribution in [2.45, 2.75) is 39.0 Å². The van der Waals surface area contributed by atoms with Crippen molar-refractivity contribution >= 4 is 23.2 Å². The summed E-state index contributed by atoms with van der Waals surface area (Å²) in [6.45, 7) is 3.97. The van der Waals surface area contributed by atoms with Gasteiger partial charge in [0.25, 0.3) is 0 Å². The summed E-state index contributed by atoms with van der Waals surface area (Å²) in [7, 11) is 0. The predicted octanol–water partition coefficient (Wildman–Crippen LogP) is 3.94. The Morgan fingerprint density at radius 3 is 2.77 bits per heavy atom. The first-order chi connectivity index (χ1) is 15.0. The molecule has 7 nitrogen and oxygen atoms in total. The molecule has 2 aromatic rings. The highest BCUT2D eigenvalue weighted by molar-refractivity contribution is 6.13. The fourth-order valence-electron chi connectivity index (χ4n) is 4.62. The number of aliphatic imine (C=N–C) groups is 1. The van der Waals surface area contributed by atoms with E-state index in [1.54, 1.807) is 6.20 Å². The van der Waals surface area contributed by atoms with Crippen LogP contribution in [0, 0.1) is 12.8 Å². The molecule has 0 fully saturated rings. The average Bonchev–Trinajstić information content (AvgIpc) is 3.20. The number of anilines is 1. The van der Waals surface area contributed by atoms with Gasteiger partial charge >= 0.3 is 0 Å². The monoisotopic (exact) mass is 417 g/mol. The van der Waals surface area contributed by atoms with Gasteiger partial charge < -0.3 is 14.8 Å². The van der Waals surface area contributed by atoms with Gasteiger partial charge in [-0.05, 0) is 62.1 Å². The van der Waals surface area contributed by atoms with Crippen LogP contribution in [0.4, 0.5) is 5.82 Å². The number of ether oxygens (including phenoxy) is 2. The first-order valence-corrected chi connectivity index (χ1v) is 10.5. The molecule has 2 atom stereocenters.